The second-order valence-corrected chi connectivity index (χ2v) is 7.93. The van der Waals surface area contributed by atoms with Crippen LogP contribution in [0.1, 0.15) is 12.5 Å². The first-order chi connectivity index (χ1) is 14.4. The van der Waals surface area contributed by atoms with E-state index >= 15 is 0 Å². The number of hydrogen-bond donors (Lipinski definition) is 1. The summed E-state index contributed by atoms with van der Waals surface area (Å²) in [6.07, 6.45) is 0. The molecule has 8 heteroatoms. The maximum absolute atomic E-state index is 12.7. The summed E-state index contributed by atoms with van der Waals surface area (Å²) in [4.78, 5) is 25.0. The van der Waals surface area contributed by atoms with Crippen molar-refractivity contribution in [1.29, 1.82) is 0 Å². The van der Waals surface area contributed by atoms with E-state index in [1.165, 1.54) is 29.6 Å². The summed E-state index contributed by atoms with van der Waals surface area (Å²) in [6, 6.07) is 15.8. The Bertz CT molecular complexity index is 1100. The number of thioether (sulfide) groups is 1. The number of anilines is 1. The number of nitrogens with zero attached hydrogens (tertiary/aromatic N) is 2. The Kier molecular flexibility index (Phi) is 6.79. The molecule has 7 nitrogen and oxygen atoms in total. The van der Waals surface area contributed by atoms with Crippen LogP contribution in [0.25, 0.3) is 5.69 Å². The van der Waals surface area contributed by atoms with E-state index in [4.69, 9.17) is 9.47 Å². The van der Waals surface area contributed by atoms with Crippen LogP contribution >= 0.6 is 11.8 Å². The van der Waals surface area contributed by atoms with Gasteiger partial charge in [-0.25, -0.2) is 0 Å². The summed E-state index contributed by atoms with van der Waals surface area (Å²) in [5.74, 6) is 0.923. The number of nitrogens with one attached hydrogen (secondary N) is 1. The summed E-state index contributed by atoms with van der Waals surface area (Å²) in [7, 11) is 3.09. The SMILES string of the molecule is COc1ccc(OC)c(NC(=O)[C@@H](C)Sc2ccc(=O)n(-c3ccc(C)cc3)n2)c1. The van der Waals surface area contributed by atoms with Gasteiger partial charge >= 0.3 is 0 Å². The zero-order valence-corrected chi connectivity index (χ0v) is 18.0. The third-order valence-corrected chi connectivity index (χ3v) is 5.41. The molecule has 1 N–H and O–H groups in total. The molecule has 0 unspecified atom stereocenters. The summed E-state index contributed by atoms with van der Waals surface area (Å²) in [5.41, 5.74) is 2.05. The van der Waals surface area contributed by atoms with E-state index in [9.17, 15) is 9.59 Å². The quantitative estimate of drug-likeness (QED) is 0.582. The zero-order valence-electron chi connectivity index (χ0n) is 17.2. The van der Waals surface area contributed by atoms with Gasteiger partial charge in [0.2, 0.25) is 5.91 Å². The minimum atomic E-state index is -0.461. The molecule has 3 aromatic rings. The van der Waals surface area contributed by atoms with Crippen LogP contribution in [-0.2, 0) is 4.79 Å². The van der Waals surface area contributed by atoms with Gasteiger partial charge in [0.25, 0.3) is 5.56 Å². The van der Waals surface area contributed by atoms with Crippen LogP contribution in [0.4, 0.5) is 5.69 Å². The molecule has 0 radical (unpaired) electrons. The number of hydrogen-bond acceptors (Lipinski definition) is 6. The number of amides is 1. The fourth-order valence-corrected chi connectivity index (χ4v) is 3.51. The molecule has 1 aromatic heterocycles. The molecule has 0 aliphatic rings. The van der Waals surface area contributed by atoms with Gasteiger partial charge in [0.05, 0.1) is 30.8 Å². The van der Waals surface area contributed by atoms with Crippen molar-refractivity contribution in [2.45, 2.75) is 24.1 Å². The monoisotopic (exact) mass is 425 g/mol. The number of methoxy groups -OCH3 is 2. The standard InChI is InChI=1S/C22H23N3O4S/c1-14-5-7-16(8-6-14)25-21(26)12-11-20(24-25)30-15(2)22(27)23-18-13-17(28-3)9-10-19(18)29-4/h5-13,15H,1-4H3,(H,23,27)/t15-/m1/s1. The first kappa shape index (κ1) is 21.4. The number of aromatic nitrogens is 2. The molecule has 3 rings (SSSR count). The van der Waals surface area contributed by atoms with Crippen molar-refractivity contribution in [1.82, 2.24) is 9.78 Å². The number of benzene rings is 2. The highest BCUT2D eigenvalue weighted by atomic mass is 32.2. The van der Waals surface area contributed by atoms with Crippen molar-refractivity contribution in [2.75, 3.05) is 19.5 Å². The van der Waals surface area contributed by atoms with Crippen LogP contribution < -0.4 is 20.3 Å². The molecule has 30 heavy (non-hydrogen) atoms. The summed E-state index contributed by atoms with van der Waals surface area (Å²) in [6.45, 7) is 3.75. The molecule has 156 valence electrons. The maximum Gasteiger partial charge on any atom is 0.271 e. The second kappa shape index (κ2) is 9.49. The molecule has 0 spiro atoms. The van der Waals surface area contributed by atoms with Gasteiger partial charge in [-0.05, 0) is 44.2 Å². The van der Waals surface area contributed by atoms with Gasteiger partial charge in [0.1, 0.15) is 16.5 Å². The van der Waals surface area contributed by atoms with Gasteiger partial charge in [0.15, 0.2) is 0 Å². The third-order valence-electron chi connectivity index (χ3n) is 4.39. The average molecular weight is 426 g/mol. The predicted octanol–water partition coefficient (Wildman–Crippen LogP) is 3.68. The highest BCUT2D eigenvalue weighted by molar-refractivity contribution is 8.00. The first-order valence-corrected chi connectivity index (χ1v) is 10.2. The molecule has 1 atom stereocenters. The topological polar surface area (TPSA) is 82.5 Å². The minimum absolute atomic E-state index is 0.221. The van der Waals surface area contributed by atoms with Crippen molar-refractivity contribution < 1.29 is 14.3 Å². The lowest BCUT2D eigenvalue weighted by Gasteiger charge is -2.15. The van der Waals surface area contributed by atoms with E-state index < -0.39 is 5.25 Å². The van der Waals surface area contributed by atoms with Gasteiger partial charge in [-0.15, -0.1) is 0 Å². The summed E-state index contributed by atoms with van der Waals surface area (Å²) in [5, 5.41) is 7.37. The second-order valence-electron chi connectivity index (χ2n) is 6.57. The maximum atomic E-state index is 12.7. The Balaban J connectivity index is 1.77. The normalized spacial score (nSPS) is 11.6. The highest BCUT2D eigenvalue weighted by Crippen LogP contribution is 2.30. The van der Waals surface area contributed by atoms with Gasteiger partial charge in [-0.1, -0.05) is 29.5 Å². The Morgan fingerprint density at radius 1 is 1.07 bits per heavy atom. The van der Waals surface area contributed by atoms with Crippen molar-refractivity contribution in [3.63, 3.8) is 0 Å². The Morgan fingerprint density at radius 3 is 2.47 bits per heavy atom. The van der Waals surface area contributed by atoms with E-state index in [1.54, 1.807) is 38.3 Å². The molecule has 0 bridgehead atoms. The Hall–Kier alpha value is -3.26. The van der Waals surface area contributed by atoms with Gasteiger partial charge in [-0.3, -0.25) is 9.59 Å². The van der Waals surface area contributed by atoms with Crippen molar-refractivity contribution in [3.8, 4) is 17.2 Å². The van der Waals surface area contributed by atoms with Gasteiger partial charge in [0, 0.05) is 12.1 Å². The van der Waals surface area contributed by atoms with E-state index in [0.29, 0.717) is 27.9 Å². The number of carbonyl (C=O) groups excluding carboxylic acids is 1. The van der Waals surface area contributed by atoms with Crippen LogP contribution in [0, 0.1) is 6.92 Å². The number of ether oxygens (including phenoxy) is 2. The molecular weight excluding hydrogens is 402 g/mol. The average Bonchev–Trinajstić information content (AvgIpc) is 2.75. The van der Waals surface area contributed by atoms with Crippen LogP contribution in [-0.4, -0.2) is 35.2 Å². The van der Waals surface area contributed by atoms with Crippen LogP contribution in [0.3, 0.4) is 0 Å². The number of aryl methyl sites for hydroxylation is 1. The van der Waals surface area contributed by atoms with Crippen molar-refractivity contribution in [3.05, 3.63) is 70.5 Å². The zero-order chi connectivity index (χ0) is 21.7. The Labute approximate surface area is 179 Å². The number of rotatable bonds is 7. The van der Waals surface area contributed by atoms with Crippen molar-refractivity contribution in [2.24, 2.45) is 0 Å². The summed E-state index contributed by atoms with van der Waals surface area (Å²) < 4.78 is 11.8. The van der Waals surface area contributed by atoms with Crippen LogP contribution in [0.15, 0.2) is 64.4 Å². The van der Waals surface area contributed by atoms with E-state index in [2.05, 4.69) is 10.4 Å². The largest absolute Gasteiger partial charge is 0.497 e. The third kappa shape index (κ3) is 5.01. The van der Waals surface area contributed by atoms with Crippen LogP contribution in [0.2, 0.25) is 0 Å². The predicted molar refractivity (Wildman–Crippen MR) is 118 cm³/mol. The lowest BCUT2D eigenvalue weighted by Crippen LogP contribution is -2.24. The number of carbonyl (C=O) groups is 1. The van der Waals surface area contributed by atoms with Crippen LogP contribution in [0.5, 0.6) is 11.5 Å². The molecule has 0 saturated heterocycles. The van der Waals surface area contributed by atoms with Gasteiger partial charge < -0.3 is 14.8 Å². The van der Waals surface area contributed by atoms with E-state index in [0.717, 1.165) is 5.56 Å². The molecule has 1 heterocycles. The molecule has 0 fully saturated rings. The molecule has 1 amide bonds. The molecular formula is C22H23N3O4S. The molecule has 0 aliphatic carbocycles. The van der Waals surface area contributed by atoms with E-state index in [-0.39, 0.29) is 11.5 Å². The Morgan fingerprint density at radius 2 is 1.80 bits per heavy atom. The summed E-state index contributed by atoms with van der Waals surface area (Å²) >= 11 is 1.26. The molecule has 2 aromatic carbocycles. The highest BCUT2D eigenvalue weighted by Gasteiger charge is 2.18. The van der Waals surface area contributed by atoms with Crippen molar-refractivity contribution >= 4 is 23.4 Å². The molecule has 0 saturated carbocycles. The lowest BCUT2D eigenvalue weighted by molar-refractivity contribution is -0.115. The first-order valence-electron chi connectivity index (χ1n) is 9.28. The van der Waals surface area contributed by atoms with Gasteiger partial charge in [-0.2, -0.15) is 9.78 Å². The minimum Gasteiger partial charge on any atom is -0.497 e. The molecule has 0 aliphatic heterocycles. The fraction of sp³-hybridized carbons (Fsp3) is 0.227. The van der Waals surface area contributed by atoms with E-state index in [1.807, 2.05) is 31.2 Å². The fourth-order valence-electron chi connectivity index (χ4n) is 2.71. The smallest absolute Gasteiger partial charge is 0.271 e. The lowest BCUT2D eigenvalue weighted by atomic mass is 10.2.